The van der Waals surface area contributed by atoms with Crippen molar-refractivity contribution in [3.05, 3.63) is 0 Å². The van der Waals surface area contributed by atoms with Crippen LogP contribution in [-0.2, 0) is 9.53 Å². The lowest BCUT2D eigenvalue weighted by Gasteiger charge is -2.26. The van der Waals surface area contributed by atoms with Crippen molar-refractivity contribution in [1.29, 1.82) is 0 Å². The van der Waals surface area contributed by atoms with Gasteiger partial charge < -0.3 is 9.64 Å². The molecule has 0 radical (unpaired) electrons. The van der Waals surface area contributed by atoms with E-state index in [9.17, 15) is 4.79 Å². The highest BCUT2D eigenvalue weighted by atomic mass is 16.5. The van der Waals surface area contributed by atoms with Crippen LogP contribution in [0.2, 0.25) is 0 Å². The molecule has 0 aromatic heterocycles. The van der Waals surface area contributed by atoms with E-state index in [1.165, 1.54) is 0 Å². The Hall–Kier alpha value is -0.570. The lowest BCUT2D eigenvalue weighted by Crippen LogP contribution is -2.34. The zero-order valence-electron chi connectivity index (χ0n) is 9.88. The van der Waals surface area contributed by atoms with Crippen LogP contribution < -0.4 is 0 Å². The maximum Gasteiger partial charge on any atom is 0.307 e. The molecule has 0 saturated carbocycles. The van der Waals surface area contributed by atoms with E-state index in [2.05, 4.69) is 25.7 Å². The van der Waals surface area contributed by atoms with Gasteiger partial charge in [0.2, 0.25) is 0 Å². The molecule has 3 heteroatoms. The summed E-state index contributed by atoms with van der Waals surface area (Å²) in [6, 6.07) is 0.550. The number of rotatable bonds is 7. The maximum absolute atomic E-state index is 11.1. The Kier molecular flexibility index (Phi) is 7.48. The lowest BCUT2D eigenvalue weighted by molar-refractivity contribution is -0.143. The van der Waals surface area contributed by atoms with E-state index in [0.29, 0.717) is 19.1 Å². The summed E-state index contributed by atoms with van der Waals surface area (Å²) in [5.41, 5.74) is 0. The molecule has 84 valence electrons. The van der Waals surface area contributed by atoms with Gasteiger partial charge in [0, 0.05) is 12.6 Å². The molecule has 0 amide bonds. The fourth-order valence-corrected chi connectivity index (χ4v) is 1.42. The fraction of sp³-hybridized carbons (Fsp3) is 0.909. The number of esters is 1. The molecule has 0 fully saturated rings. The van der Waals surface area contributed by atoms with E-state index in [1.807, 2.05) is 6.92 Å². The molecule has 0 spiro atoms. The predicted octanol–water partition coefficient (Wildman–Crippen LogP) is 2.06. The molecule has 3 nitrogen and oxygen atoms in total. The number of nitrogens with zero attached hydrogens (tertiary/aromatic N) is 1. The van der Waals surface area contributed by atoms with Crippen LogP contribution in [0.1, 0.15) is 40.5 Å². The van der Waals surface area contributed by atoms with Gasteiger partial charge in [0.25, 0.3) is 0 Å². The molecule has 1 atom stereocenters. The van der Waals surface area contributed by atoms with Crippen LogP contribution in [-0.4, -0.2) is 36.6 Å². The molecule has 0 aliphatic heterocycles. The summed E-state index contributed by atoms with van der Waals surface area (Å²) in [4.78, 5) is 13.4. The van der Waals surface area contributed by atoms with Gasteiger partial charge in [-0.25, -0.2) is 0 Å². The van der Waals surface area contributed by atoms with Crippen LogP contribution in [0.25, 0.3) is 0 Å². The van der Waals surface area contributed by atoms with Gasteiger partial charge in [-0.2, -0.15) is 0 Å². The average molecular weight is 201 g/mol. The van der Waals surface area contributed by atoms with Crippen molar-refractivity contribution in [1.82, 2.24) is 4.90 Å². The largest absolute Gasteiger partial charge is 0.466 e. The first-order valence-corrected chi connectivity index (χ1v) is 5.55. The second-order valence-corrected chi connectivity index (χ2v) is 3.44. The maximum atomic E-state index is 11.1. The molecule has 0 aromatic rings. The molecule has 1 unspecified atom stereocenters. The van der Waals surface area contributed by atoms with E-state index in [1.54, 1.807) is 0 Å². The number of hydrogen-bond acceptors (Lipinski definition) is 3. The molecule has 0 aliphatic carbocycles. The van der Waals surface area contributed by atoms with Crippen LogP contribution in [0.3, 0.4) is 0 Å². The van der Waals surface area contributed by atoms with Crippen molar-refractivity contribution in [2.75, 3.05) is 19.7 Å². The summed E-state index contributed by atoms with van der Waals surface area (Å²) in [7, 11) is 0. The fourth-order valence-electron chi connectivity index (χ4n) is 1.42. The van der Waals surface area contributed by atoms with Crippen molar-refractivity contribution in [3.8, 4) is 0 Å². The highest BCUT2D eigenvalue weighted by Crippen LogP contribution is 2.04. The Balaban J connectivity index is 3.77. The molecule has 0 bridgehead atoms. The van der Waals surface area contributed by atoms with Gasteiger partial charge in [-0.1, -0.05) is 13.8 Å². The third-order valence-corrected chi connectivity index (χ3v) is 2.53. The Morgan fingerprint density at radius 1 is 1.36 bits per heavy atom. The van der Waals surface area contributed by atoms with E-state index < -0.39 is 0 Å². The Labute approximate surface area is 87.4 Å². The first-order chi connectivity index (χ1) is 6.65. The zero-order chi connectivity index (χ0) is 11.0. The molecule has 0 saturated heterocycles. The summed E-state index contributed by atoms with van der Waals surface area (Å²) < 4.78 is 4.88. The average Bonchev–Trinajstić information content (AvgIpc) is 2.18. The van der Waals surface area contributed by atoms with E-state index in [-0.39, 0.29) is 5.97 Å². The number of ether oxygens (including phenoxy) is 1. The minimum Gasteiger partial charge on any atom is -0.466 e. The summed E-state index contributed by atoms with van der Waals surface area (Å²) >= 11 is 0. The summed E-state index contributed by atoms with van der Waals surface area (Å²) in [6.45, 7) is 10.6. The SMILES string of the molecule is CCOC(=O)CCN(CC)C(C)CC. The van der Waals surface area contributed by atoms with Gasteiger partial charge in [-0.15, -0.1) is 0 Å². The molecule has 0 heterocycles. The third-order valence-electron chi connectivity index (χ3n) is 2.53. The zero-order valence-corrected chi connectivity index (χ0v) is 9.88. The summed E-state index contributed by atoms with van der Waals surface area (Å²) in [5, 5.41) is 0. The topological polar surface area (TPSA) is 29.5 Å². The van der Waals surface area contributed by atoms with Crippen LogP contribution in [0.15, 0.2) is 0 Å². The van der Waals surface area contributed by atoms with Gasteiger partial charge in [0.1, 0.15) is 0 Å². The van der Waals surface area contributed by atoms with Gasteiger partial charge in [-0.3, -0.25) is 4.79 Å². The minimum absolute atomic E-state index is 0.0887. The standard InChI is InChI=1S/C11H23NO2/c1-5-10(4)12(6-2)9-8-11(13)14-7-3/h10H,5-9H2,1-4H3. The normalized spacial score (nSPS) is 12.9. The van der Waals surface area contributed by atoms with Crippen molar-refractivity contribution < 1.29 is 9.53 Å². The van der Waals surface area contributed by atoms with E-state index in [0.717, 1.165) is 19.5 Å². The van der Waals surface area contributed by atoms with E-state index in [4.69, 9.17) is 4.74 Å². The Morgan fingerprint density at radius 2 is 2.00 bits per heavy atom. The highest BCUT2D eigenvalue weighted by Gasteiger charge is 2.11. The van der Waals surface area contributed by atoms with E-state index >= 15 is 0 Å². The minimum atomic E-state index is -0.0887. The number of carbonyl (C=O) groups is 1. The van der Waals surface area contributed by atoms with Crippen LogP contribution in [0, 0.1) is 0 Å². The molecule has 14 heavy (non-hydrogen) atoms. The van der Waals surface area contributed by atoms with Crippen molar-refractivity contribution in [2.45, 2.75) is 46.6 Å². The van der Waals surface area contributed by atoms with Gasteiger partial charge >= 0.3 is 5.97 Å². The smallest absolute Gasteiger partial charge is 0.307 e. The lowest BCUT2D eigenvalue weighted by atomic mass is 10.2. The van der Waals surface area contributed by atoms with Crippen molar-refractivity contribution in [3.63, 3.8) is 0 Å². The summed E-state index contributed by atoms with van der Waals surface area (Å²) in [6.07, 6.45) is 1.63. The first kappa shape index (κ1) is 13.4. The van der Waals surface area contributed by atoms with Crippen LogP contribution in [0.5, 0.6) is 0 Å². The Bertz CT molecular complexity index is 159. The molecule has 0 N–H and O–H groups in total. The molecule has 0 aliphatic rings. The van der Waals surface area contributed by atoms with Gasteiger partial charge in [0.05, 0.1) is 13.0 Å². The van der Waals surface area contributed by atoms with Crippen LogP contribution in [0.4, 0.5) is 0 Å². The quantitative estimate of drug-likeness (QED) is 0.590. The first-order valence-electron chi connectivity index (χ1n) is 5.55. The molecular formula is C11H23NO2. The second kappa shape index (κ2) is 7.80. The van der Waals surface area contributed by atoms with Crippen molar-refractivity contribution in [2.24, 2.45) is 0 Å². The van der Waals surface area contributed by atoms with Crippen LogP contribution >= 0.6 is 0 Å². The Morgan fingerprint density at radius 3 is 2.43 bits per heavy atom. The molecule has 0 aromatic carbocycles. The predicted molar refractivity (Wildman–Crippen MR) is 58.3 cm³/mol. The van der Waals surface area contributed by atoms with Gasteiger partial charge in [-0.05, 0) is 26.8 Å². The summed E-state index contributed by atoms with van der Waals surface area (Å²) in [5.74, 6) is -0.0887. The third kappa shape index (κ3) is 5.22. The molecule has 0 rings (SSSR count). The molecular weight excluding hydrogens is 178 g/mol. The number of hydrogen-bond donors (Lipinski definition) is 0. The highest BCUT2D eigenvalue weighted by molar-refractivity contribution is 5.69. The monoisotopic (exact) mass is 201 g/mol. The number of carbonyl (C=O) groups excluding carboxylic acids is 1. The van der Waals surface area contributed by atoms with Gasteiger partial charge in [0.15, 0.2) is 0 Å². The van der Waals surface area contributed by atoms with Crippen molar-refractivity contribution >= 4 is 5.97 Å². The second-order valence-electron chi connectivity index (χ2n) is 3.44.